The van der Waals surface area contributed by atoms with Gasteiger partial charge in [0.05, 0.1) is 5.69 Å². The molecular weight excluding hydrogens is 314 g/mol. The maximum atomic E-state index is 11.4. The Balaban J connectivity index is 1.75. The van der Waals surface area contributed by atoms with Crippen LogP contribution in [-0.4, -0.2) is 25.2 Å². The maximum absolute atomic E-state index is 11.4. The summed E-state index contributed by atoms with van der Waals surface area (Å²) in [7, 11) is -3.38. The lowest BCUT2D eigenvalue weighted by Gasteiger charge is -2.08. The fourth-order valence-electron chi connectivity index (χ4n) is 2.81. The highest BCUT2D eigenvalue weighted by molar-refractivity contribution is 7.92. The van der Waals surface area contributed by atoms with Gasteiger partial charge in [0.1, 0.15) is 0 Å². The van der Waals surface area contributed by atoms with E-state index in [0.29, 0.717) is 12.2 Å². The predicted octanol–water partition coefficient (Wildman–Crippen LogP) is 1.21. The summed E-state index contributed by atoms with van der Waals surface area (Å²) in [6.07, 6.45) is 1.65. The van der Waals surface area contributed by atoms with Gasteiger partial charge in [-0.2, -0.15) is 5.10 Å². The van der Waals surface area contributed by atoms with Crippen molar-refractivity contribution in [1.29, 1.82) is 0 Å². The van der Waals surface area contributed by atoms with Gasteiger partial charge in [0.2, 0.25) is 10.0 Å². The van der Waals surface area contributed by atoms with Gasteiger partial charge in [-0.05, 0) is 42.0 Å². The number of nitrogens with zero attached hydrogens (tertiary/aromatic N) is 1. The van der Waals surface area contributed by atoms with Crippen LogP contribution in [0.2, 0.25) is 0 Å². The van der Waals surface area contributed by atoms with Crippen LogP contribution in [0.3, 0.4) is 0 Å². The Morgan fingerprint density at radius 1 is 1.26 bits per heavy atom. The molecule has 6 nitrogen and oxygen atoms in total. The van der Waals surface area contributed by atoms with Crippen LogP contribution in [0.25, 0.3) is 11.3 Å². The number of aromatic nitrogens is 2. The highest BCUT2D eigenvalue weighted by Crippen LogP contribution is 2.30. The summed E-state index contributed by atoms with van der Waals surface area (Å²) >= 11 is 0. The van der Waals surface area contributed by atoms with Crippen molar-refractivity contribution < 1.29 is 8.42 Å². The van der Waals surface area contributed by atoms with Crippen LogP contribution in [0.1, 0.15) is 11.1 Å². The van der Waals surface area contributed by atoms with Crippen molar-refractivity contribution in [2.45, 2.75) is 12.8 Å². The first-order chi connectivity index (χ1) is 11.0. The monoisotopic (exact) mass is 331 g/mol. The Labute approximate surface area is 134 Å². The first-order valence-corrected chi connectivity index (χ1v) is 8.81. The third-order valence-electron chi connectivity index (χ3n) is 3.99. The van der Waals surface area contributed by atoms with E-state index in [2.05, 4.69) is 27.6 Å². The maximum Gasteiger partial charge on any atom is 0.264 e. The minimum atomic E-state index is -3.38. The zero-order valence-electron chi connectivity index (χ0n) is 12.5. The molecular formula is C16H17N3O3S. The Morgan fingerprint density at radius 3 is 2.74 bits per heavy atom. The second-order valence-electron chi connectivity index (χ2n) is 5.62. The Kier molecular flexibility index (Phi) is 4.14. The zero-order chi connectivity index (χ0) is 16.4. The molecule has 0 saturated carbocycles. The summed E-state index contributed by atoms with van der Waals surface area (Å²) < 4.78 is 25.4. The van der Waals surface area contributed by atoms with E-state index in [0.717, 1.165) is 23.8 Å². The van der Waals surface area contributed by atoms with Crippen LogP contribution in [0.5, 0.6) is 0 Å². The number of rotatable bonds is 5. The van der Waals surface area contributed by atoms with Crippen molar-refractivity contribution >= 4 is 10.0 Å². The van der Waals surface area contributed by atoms with Gasteiger partial charge in [0.25, 0.3) is 5.56 Å². The van der Waals surface area contributed by atoms with Gasteiger partial charge in [-0.25, -0.2) is 18.2 Å². The molecule has 0 fully saturated rings. The number of hydrogen-bond donors (Lipinski definition) is 2. The van der Waals surface area contributed by atoms with Gasteiger partial charge in [0, 0.05) is 23.6 Å². The molecule has 0 aliphatic heterocycles. The van der Waals surface area contributed by atoms with Crippen molar-refractivity contribution in [3.63, 3.8) is 0 Å². The van der Waals surface area contributed by atoms with Gasteiger partial charge in [0.15, 0.2) is 0 Å². The average Bonchev–Trinajstić information content (AvgIpc) is 2.96. The van der Waals surface area contributed by atoms with Crippen molar-refractivity contribution in [3.05, 3.63) is 63.8 Å². The largest absolute Gasteiger partial charge is 0.268 e. The minimum Gasteiger partial charge on any atom is -0.268 e. The SMILES string of the molecule is C=CS(=O)(=O)NCC1Cc2ccc(-c3ccc(=O)[nH]n3)cc2C1. The molecule has 1 aromatic heterocycles. The lowest BCUT2D eigenvalue weighted by atomic mass is 10.0. The third-order valence-corrected chi connectivity index (χ3v) is 5.00. The van der Waals surface area contributed by atoms with Crippen LogP contribution < -0.4 is 10.3 Å². The van der Waals surface area contributed by atoms with E-state index >= 15 is 0 Å². The molecule has 0 saturated heterocycles. The molecule has 0 bridgehead atoms. The Bertz CT molecular complexity index is 883. The quantitative estimate of drug-likeness (QED) is 0.861. The highest BCUT2D eigenvalue weighted by Gasteiger charge is 2.23. The van der Waals surface area contributed by atoms with E-state index in [-0.39, 0.29) is 11.5 Å². The lowest BCUT2D eigenvalue weighted by molar-refractivity contribution is 0.531. The van der Waals surface area contributed by atoms with Crippen LogP contribution in [0, 0.1) is 5.92 Å². The first-order valence-electron chi connectivity index (χ1n) is 7.27. The van der Waals surface area contributed by atoms with Gasteiger partial charge in [-0.1, -0.05) is 18.7 Å². The number of fused-ring (bicyclic) bond motifs is 1. The molecule has 120 valence electrons. The Morgan fingerprint density at radius 2 is 2.04 bits per heavy atom. The van der Waals surface area contributed by atoms with Crippen molar-refractivity contribution in [2.75, 3.05) is 6.54 Å². The molecule has 1 aromatic carbocycles. The topological polar surface area (TPSA) is 91.9 Å². The summed E-state index contributed by atoms with van der Waals surface area (Å²) in [5.74, 6) is 0.235. The van der Waals surface area contributed by atoms with Crippen LogP contribution in [0.4, 0.5) is 0 Å². The minimum absolute atomic E-state index is 0.232. The predicted molar refractivity (Wildman–Crippen MR) is 88.3 cm³/mol. The van der Waals surface area contributed by atoms with Gasteiger partial charge >= 0.3 is 0 Å². The number of H-pyrrole nitrogens is 1. The number of nitrogens with one attached hydrogen (secondary N) is 2. The van der Waals surface area contributed by atoms with Gasteiger partial charge < -0.3 is 0 Å². The molecule has 0 radical (unpaired) electrons. The summed E-state index contributed by atoms with van der Waals surface area (Å²) in [5.41, 5.74) is 3.83. The lowest BCUT2D eigenvalue weighted by Crippen LogP contribution is -2.27. The molecule has 3 rings (SSSR count). The molecule has 0 spiro atoms. The zero-order valence-corrected chi connectivity index (χ0v) is 13.3. The number of sulfonamides is 1. The Hall–Kier alpha value is -2.25. The second-order valence-corrected chi connectivity index (χ2v) is 7.34. The first kappa shape index (κ1) is 15.6. The summed E-state index contributed by atoms with van der Waals surface area (Å²) in [5, 5.41) is 7.38. The number of benzene rings is 1. The molecule has 1 heterocycles. The van der Waals surface area contributed by atoms with E-state index < -0.39 is 10.0 Å². The number of hydrogen-bond acceptors (Lipinski definition) is 4. The molecule has 1 atom stereocenters. The molecule has 7 heteroatoms. The molecule has 1 unspecified atom stereocenters. The molecule has 23 heavy (non-hydrogen) atoms. The normalized spacial score (nSPS) is 17.0. The third kappa shape index (κ3) is 3.57. The summed E-state index contributed by atoms with van der Waals surface area (Å²) in [6, 6.07) is 9.20. The smallest absolute Gasteiger partial charge is 0.264 e. The van der Waals surface area contributed by atoms with Crippen LogP contribution >= 0.6 is 0 Å². The van der Waals surface area contributed by atoms with Crippen molar-refractivity contribution in [2.24, 2.45) is 5.92 Å². The highest BCUT2D eigenvalue weighted by atomic mass is 32.2. The molecule has 1 aliphatic rings. The summed E-state index contributed by atoms with van der Waals surface area (Å²) in [6.45, 7) is 3.68. The molecule has 0 amide bonds. The van der Waals surface area contributed by atoms with E-state index in [4.69, 9.17) is 0 Å². The van der Waals surface area contributed by atoms with E-state index in [1.807, 2.05) is 12.1 Å². The van der Waals surface area contributed by atoms with Crippen molar-refractivity contribution in [3.8, 4) is 11.3 Å². The molecule has 2 N–H and O–H groups in total. The van der Waals surface area contributed by atoms with E-state index in [1.54, 1.807) is 6.07 Å². The fraction of sp³-hybridized carbons (Fsp3) is 0.250. The fourth-order valence-corrected chi connectivity index (χ4v) is 3.40. The van der Waals surface area contributed by atoms with Gasteiger partial charge in [-0.15, -0.1) is 0 Å². The van der Waals surface area contributed by atoms with Crippen LogP contribution in [0.15, 0.2) is 47.1 Å². The standard InChI is InChI=1S/C16H17N3O3S/c1-2-23(21,22)17-10-11-7-12-3-4-13(9-14(12)8-11)15-5-6-16(20)19-18-15/h2-6,9,11,17H,1,7-8,10H2,(H,19,20). The van der Waals surface area contributed by atoms with E-state index in [9.17, 15) is 13.2 Å². The number of aromatic amines is 1. The van der Waals surface area contributed by atoms with Gasteiger partial charge in [-0.3, -0.25) is 4.79 Å². The van der Waals surface area contributed by atoms with Crippen molar-refractivity contribution in [1.82, 2.24) is 14.9 Å². The second kappa shape index (κ2) is 6.10. The average molecular weight is 331 g/mol. The van der Waals surface area contributed by atoms with E-state index in [1.165, 1.54) is 17.2 Å². The summed E-state index contributed by atoms with van der Waals surface area (Å²) in [4.78, 5) is 11.1. The van der Waals surface area contributed by atoms with Crippen LogP contribution in [-0.2, 0) is 22.9 Å². The molecule has 2 aromatic rings. The molecule has 1 aliphatic carbocycles.